The fraction of sp³-hybridized carbons (Fsp3) is 0.381. The van der Waals surface area contributed by atoms with Gasteiger partial charge in [0.25, 0.3) is 5.91 Å². The van der Waals surface area contributed by atoms with Gasteiger partial charge in [0.05, 0.1) is 14.2 Å². The van der Waals surface area contributed by atoms with Gasteiger partial charge in [-0.1, -0.05) is 32.0 Å². The first-order chi connectivity index (χ1) is 12.5. The van der Waals surface area contributed by atoms with Crippen LogP contribution >= 0.6 is 0 Å². The van der Waals surface area contributed by atoms with Crippen molar-refractivity contribution >= 4 is 11.6 Å². The summed E-state index contributed by atoms with van der Waals surface area (Å²) < 4.78 is 16.3. The summed E-state index contributed by atoms with van der Waals surface area (Å²) in [7, 11) is 3.14. The number of ether oxygens (including phenoxy) is 3. The number of benzene rings is 2. The fourth-order valence-electron chi connectivity index (χ4n) is 2.68. The summed E-state index contributed by atoms with van der Waals surface area (Å²) in [5.41, 5.74) is 2.67. The molecule has 0 aliphatic carbocycles. The lowest BCUT2D eigenvalue weighted by atomic mass is 9.98. The highest BCUT2D eigenvalue weighted by Crippen LogP contribution is 2.33. The third kappa shape index (κ3) is 4.69. The summed E-state index contributed by atoms with van der Waals surface area (Å²) >= 11 is 0. The van der Waals surface area contributed by atoms with E-state index in [1.165, 1.54) is 0 Å². The first-order valence-electron chi connectivity index (χ1n) is 8.74. The van der Waals surface area contributed by atoms with Crippen LogP contribution in [-0.2, 0) is 4.79 Å². The number of nitrogens with one attached hydrogen (secondary N) is 1. The lowest BCUT2D eigenvalue weighted by molar-refractivity contribution is -0.118. The van der Waals surface area contributed by atoms with Crippen molar-refractivity contribution in [2.75, 3.05) is 26.1 Å². The van der Waals surface area contributed by atoms with Crippen LogP contribution in [0, 0.1) is 6.92 Å². The van der Waals surface area contributed by atoms with Crippen LogP contribution in [0.3, 0.4) is 0 Å². The van der Waals surface area contributed by atoms with Gasteiger partial charge in [0.2, 0.25) is 0 Å². The number of anilines is 1. The monoisotopic (exact) mass is 357 g/mol. The molecule has 2 rings (SSSR count). The summed E-state index contributed by atoms with van der Waals surface area (Å²) in [5.74, 6) is 2.10. The predicted molar refractivity (Wildman–Crippen MR) is 104 cm³/mol. The van der Waals surface area contributed by atoms with Gasteiger partial charge in [-0.3, -0.25) is 4.79 Å². The van der Waals surface area contributed by atoms with Gasteiger partial charge in [-0.2, -0.15) is 0 Å². The largest absolute Gasteiger partial charge is 0.493 e. The molecule has 0 spiro atoms. The normalized spacial score (nSPS) is 11.6. The SMILES string of the molecule is CCC(C)c1ccccc1OCC(=O)Nc1cc(OC)c(OC)cc1C. The zero-order chi connectivity index (χ0) is 19.1. The van der Waals surface area contributed by atoms with Gasteiger partial charge >= 0.3 is 0 Å². The second kappa shape index (κ2) is 9.13. The highest BCUT2D eigenvalue weighted by Gasteiger charge is 2.13. The van der Waals surface area contributed by atoms with Crippen LogP contribution in [-0.4, -0.2) is 26.7 Å². The maximum Gasteiger partial charge on any atom is 0.262 e. The maximum absolute atomic E-state index is 12.3. The number of aryl methyl sites for hydroxylation is 1. The van der Waals surface area contributed by atoms with E-state index < -0.39 is 0 Å². The molecule has 0 radical (unpaired) electrons. The van der Waals surface area contributed by atoms with Crippen LogP contribution in [0.4, 0.5) is 5.69 Å². The van der Waals surface area contributed by atoms with Gasteiger partial charge in [-0.25, -0.2) is 0 Å². The summed E-state index contributed by atoms with van der Waals surface area (Å²) in [5, 5.41) is 2.87. The molecular formula is C21H27NO4. The molecule has 0 aliphatic heterocycles. The third-order valence-corrected chi connectivity index (χ3v) is 4.43. The molecule has 0 aromatic heterocycles. The molecule has 2 aromatic rings. The zero-order valence-corrected chi connectivity index (χ0v) is 16.1. The lowest BCUT2D eigenvalue weighted by Gasteiger charge is -2.16. The molecule has 5 nitrogen and oxygen atoms in total. The quantitative estimate of drug-likeness (QED) is 0.753. The Hall–Kier alpha value is -2.69. The predicted octanol–water partition coefficient (Wildman–Crippen LogP) is 4.54. The molecule has 0 saturated heterocycles. The molecule has 1 atom stereocenters. The van der Waals surface area contributed by atoms with Gasteiger partial charge in [-0.05, 0) is 42.5 Å². The summed E-state index contributed by atoms with van der Waals surface area (Å²) in [4.78, 5) is 12.3. The Balaban J connectivity index is 2.06. The molecule has 5 heteroatoms. The van der Waals surface area contributed by atoms with Crippen molar-refractivity contribution < 1.29 is 19.0 Å². The molecule has 1 unspecified atom stereocenters. The molecule has 0 fully saturated rings. The number of para-hydroxylation sites is 1. The minimum Gasteiger partial charge on any atom is -0.493 e. The van der Waals surface area contributed by atoms with E-state index in [1.807, 2.05) is 37.3 Å². The van der Waals surface area contributed by atoms with Crippen molar-refractivity contribution in [2.45, 2.75) is 33.1 Å². The van der Waals surface area contributed by atoms with E-state index in [0.717, 1.165) is 23.3 Å². The zero-order valence-electron chi connectivity index (χ0n) is 16.1. The van der Waals surface area contributed by atoms with Crippen LogP contribution in [0.5, 0.6) is 17.2 Å². The molecule has 1 amide bonds. The Labute approximate surface area is 155 Å². The second-order valence-electron chi connectivity index (χ2n) is 6.21. The molecule has 0 saturated carbocycles. The number of carbonyl (C=O) groups excluding carboxylic acids is 1. The van der Waals surface area contributed by atoms with Gasteiger partial charge in [0.15, 0.2) is 18.1 Å². The number of hydrogen-bond donors (Lipinski definition) is 1. The molecule has 0 heterocycles. The first-order valence-corrected chi connectivity index (χ1v) is 8.74. The Bertz CT molecular complexity index is 758. The molecular weight excluding hydrogens is 330 g/mol. The molecule has 0 bridgehead atoms. The highest BCUT2D eigenvalue weighted by molar-refractivity contribution is 5.93. The van der Waals surface area contributed by atoms with Crippen LogP contribution in [0.25, 0.3) is 0 Å². The summed E-state index contributed by atoms with van der Waals surface area (Å²) in [6.45, 7) is 6.13. The average molecular weight is 357 g/mol. The average Bonchev–Trinajstić information content (AvgIpc) is 2.67. The third-order valence-electron chi connectivity index (χ3n) is 4.43. The number of rotatable bonds is 8. The number of methoxy groups -OCH3 is 2. The Morgan fingerprint density at radius 2 is 1.73 bits per heavy atom. The number of hydrogen-bond acceptors (Lipinski definition) is 4. The van der Waals surface area contributed by atoms with Crippen molar-refractivity contribution in [3.8, 4) is 17.2 Å². The van der Waals surface area contributed by atoms with E-state index in [2.05, 4.69) is 19.2 Å². The smallest absolute Gasteiger partial charge is 0.262 e. The van der Waals surface area contributed by atoms with Crippen molar-refractivity contribution in [2.24, 2.45) is 0 Å². The Morgan fingerprint density at radius 1 is 1.08 bits per heavy atom. The Morgan fingerprint density at radius 3 is 2.38 bits per heavy atom. The van der Waals surface area contributed by atoms with E-state index in [-0.39, 0.29) is 12.5 Å². The van der Waals surface area contributed by atoms with E-state index in [9.17, 15) is 4.79 Å². The topological polar surface area (TPSA) is 56.8 Å². The molecule has 2 aromatic carbocycles. The minimum atomic E-state index is -0.223. The van der Waals surface area contributed by atoms with Gasteiger partial charge in [0.1, 0.15) is 5.75 Å². The minimum absolute atomic E-state index is 0.0543. The van der Waals surface area contributed by atoms with Crippen molar-refractivity contribution in [3.05, 3.63) is 47.5 Å². The van der Waals surface area contributed by atoms with E-state index in [0.29, 0.717) is 23.1 Å². The number of amides is 1. The molecule has 140 valence electrons. The van der Waals surface area contributed by atoms with E-state index in [4.69, 9.17) is 14.2 Å². The molecule has 0 aliphatic rings. The van der Waals surface area contributed by atoms with Gasteiger partial charge < -0.3 is 19.5 Å². The molecule has 1 N–H and O–H groups in total. The Kier molecular flexibility index (Phi) is 6.89. The van der Waals surface area contributed by atoms with E-state index >= 15 is 0 Å². The summed E-state index contributed by atoms with van der Waals surface area (Å²) in [6, 6.07) is 11.4. The van der Waals surface area contributed by atoms with Crippen LogP contribution < -0.4 is 19.5 Å². The summed E-state index contributed by atoms with van der Waals surface area (Å²) in [6.07, 6.45) is 1.01. The standard InChI is InChI=1S/C21H27NO4/c1-6-14(2)16-9-7-8-10-18(16)26-13-21(23)22-17-12-20(25-5)19(24-4)11-15(17)3/h7-12,14H,6,13H2,1-5H3,(H,22,23). The van der Waals surface area contributed by atoms with Crippen molar-refractivity contribution in [3.63, 3.8) is 0 Å². The van der Waals surface area contributed by atoms with Crippen molar-refractivity contribution in [1.82, 2.24) is 0 Å². The van der Waals surface area contributed by atoms with Crippen LogP contribution in [0.1, 0.15) is 37.3 Å². The van der Waals surface area contributed by atoms with E-state index in [1.54, 1.807) is 20.3 Å². The first kappa shape index (κ1) is 19.6. The maximum atomic E-state index is 12.3. The van der Waals surface area contributed by atoms with Crippen LogP contribution in [0.15, 0.2) is 36.4 Å². The van der Waals surface area contributed by atoms with Crippen molar-refractivity contribution in [1.29, 1.82) is 0 Å². The lowest BCUT2D eigenvalue weighted by Crippen LogP contribution is -2.21. The van der Waals surface area contributed by atoms with Crippen LogP contribution in [0.2, 0.25) is 0 Å². The number of carbonyl (C=O) groups is 1. The molecule has 26 heavy (non-hydrogen) atoms. The fourth-order valence-corrected chi connectivity index (χ4v) is 2.68. The highest BCUT2D eigenvalue weighted by atomic mass is 16.5. The van der Waals surface area contributed by atoms with Gasteiger partial charge in [-0.15, -0.1) is 0 Å². The second-order valence-corrected chi connectivity index (χ2v) is 6.21. The van der Waals surface area contributed by atoms with Gasteiger partial charge in [0, 0.05) is 11.8 Å².